The Kier molecular flexibility index (Phi) is 4.73. The van der Waals surface area contributed by atoms with Crippen LogP contribution in [0.5, 0.6) is 5.75 Å². The lowest BCUT2D eigenvalue weighted by Gasteiger charge is -2.27. The lowest BCUT2D eigenvalue weighted by atomic mass is 10.0. The van der Waals surface area contributed by atoms with Crippen molar-refractivity contribution < 1.29 is 4.74 Å². The number of guanidine groups is 1. The Balaban J connectivity index is 1.89. The summed E-state index contributed by atoms with van der Waals surface area (Å²) in [6.07, 6.45) is 0. The average Bonchev–Trinajstić information content (AvgIpc) is 2.60. The van der Waals surface area contributed by atoms with Gasteiger partial charge in [0.25, 0.3) is 0 Å². The molecular weight excluding hydrogens is 294 g/mol. The second-order valence-electron chi connectivity index (χ2n) is 5.24. The number of rotatable bonds is 3. The van der Waals surface area contributed by atoms with Crippen LogP contribution in [0.4, 0.5) is 0 Å². The SMILES string of the molecule is COc1ccc2ccccc2c1CN=C(N)N1CCSCC1. The molecule has 1 aliphatic rings. The fourth-order valence-corrected chi connectivity index (χ4v) is 3.63. The van der Waals surface area contributed by atoms with E-state index >= 15 is 0 Å². The minimum Gasteiger partial charge on any atom is -0.496 e. The Morgan fingerprint density at radius 1 is 1.23 bits per heavy atom. The number of hydrogen-bond acceptors (Lipinski definition) is 3. The molecule has 0 atom stereocenters. The van der Waals surface area contributed by atoms with Crippen LogP contribution in [-0.4, -0.2) is 42.6 Å². The van der Waals surface area contributed by atoms with E-state index in [1.807, 2.05) is 30.0 Å². The molecule has 0 bridgehead atoms. The van der Waals surface area contributed by atoms with E-state index in [0.717, 1.165) is 35.9 Å². The summed E-state index contributed by atoms with van der Waals surface area (Å²) in [4.78, 5) is 6.77. The zero-order chi connectivity index (χ0) is 15.4. The van der Waals surface area contributed by atoms with E-state index < -0.39 is 0 Å². The number of nitrogens with two attached hydrogens (primary N) is 1. The highest BCUT2D eigenvalue weighted by molar-refractivity contribution is 7.99. The van der Waals surface area contributed by atoms with Gasteiger partial charge < -0.3 is 15.4 Å². The number of thioether (sulfide) groups is 1. The summed E-state index contributed by atoms with van der Waals surface area (Å²) >= 11 is 1.97. The first-order valence-electron chi connectivity index (χ1n) is 7.47. The van der Waals surface area contributed by atoms with Gasteiger partial charge >= 0.3 is 0 Å². The Labute approximate surface area is 135 Å². The molecule has 1 aliphatic heterocycles. The highest BCUT2D eigenvalue weighted by Crippen LogP contribution is 2.28. The molecule has 4 nitrogen and oxygen atoms in total. The molecule has 0 unspecified atom stereocenters. The number of nitrogens with zero attached hydrogens (tertiary/aromatic N) is 2. The van der Waals surface area contributed by atoms with Crippen molar-refractivity contribution in [1.29, 1.82) is 0 Å². The molecule has 2 N–H and O–H groups in total. The summed E-state index contributed by atoms with van der Waals surface area (Å²) in [6, 6.07) is 12.4. The average molecular weight is 315 g/mol. The number of fused-ring (bicyclic) bond motifs is 1. The van der Waals surface area contributed by atoms with Crippen LogP contribution in [0.2, 0.25) is 0 Å². The molecule has 0 aliphatic carbocycles. The molecular formula is C17H21N3OS. The molecule has 2 aromatic carbocycles. The Morgan fingerprint density at radius 3 is 2.77 bits per heavy atom. The topological polar surface area (TPSA) is 50.9 Å². The molecule has 1 heterocycles. The fraction of sp³-hybridized carbons (Fsp3) is 0.353. The molecule has 1 fully saturated rings. The first-order valence-corrected chi connectivity index (χ1v) is 8.62. The van der Waals surface area contributed by atoms with Gasteiger partial charge in [-0.1, -0.05) is 30.3 Å². The monoisotopic (exact) mass is 315 g/mol. The maximum Gasteiger partial charge on any atom is 0.191 e. The van der Waals surface area contributed by atoms with Gasteiger partial charge in [0, 0.05) is 30.2 Å². The number of methoxy groups -OCH3 is 1. The number of aliphatic imine (C=N–C) groups is 1. The first kappa shape index (κ1) is 15.0. The maximum absolute atomic E-state index is 6.16. The molecule has 22 heavy (non-hydrogen) atoms. The van der Waals surface area contributed by atoms with Crippen LogP contribution < -0.4 is 10.5 Å². The van der Waals surface area contributed by atoms with E-state index in [0.29, 0.717) is 12.5 Å². The molecule has 0 spiro atoms. The van der Waals surface area contributed by atoms with Gasteiger partial charge in [-0.3, -0.25) is 0 Å². The highest BCUT2D eigenvalue weighted by Gasteiger charge is 2.13. The molecule has 2 aromatic rings. The molecule has 5 heteroatoms. The summed E-state index contributed by atoms with van der Waals surface area (Å²) in [7, 11) is 1.70. The van der Waals surface area contributed by atoms with E-state index in [1.54, 1.807) is 7.11 Å². The predicted molar refractivity (Wildman–Crippen MR) is 94.7 cm³/mol. The van der Waals surface area contributed by atoms with E-state index in [4.69, 9.17) is 10.5 Å². The Morgan fingerprint density at radius 2 is 2.00 bits per heavy atom. The summed E-state index contributed by atoms with van der Waals surface area (Å²) in [5, 5.41) is 2.37. The van der Waals surface area contributed by atoms with Crippen molar-refractivity contribution in [2.75, 3.05) is 31.7 Å². The van der Waals surface area contributed by atoms with Crippen LogP contribution in [0.3, 0.4) is 0 Å². The predicted octanol–water partition coefficient (Wildman–Crippen LogP) is 2.71. The summed E-state index contributed by atoms with van der Waals surface area (Å²) in [6.45, 7) is 2.50. The number of benzene rings is 2. The third kappa shape index (κ3) is 3.14. The Hall–Kier alpha value is -1.88. The smallest absolute Gasteiger partial charge is 0.191 e. The minimum atomic E-state index is 0.542. The van der Waals surface area contributed by atoms with Crippen LogP contribution in [0.1, 0.15) is 5.56 Å². The third-order valence-corrected chi connectivity index (χ3v) is 4.89. The van der Waals surface area contributed by atoms with Gasteiger partial charge in [-0.15, -0.1) is 0 Å². The van der Waals surface area contributed by atoms with Crippen molar-refractivity contribution in [3.8, 4) is 5.75 Å². The van der Waals surface area contributed by atoms with Gasteiger partial charge in [0.1, 0.15) is 5.75 Å². The molecule has 1 saturated heterocycles. The second-order valence-corrected chi connectivity index (χ2v) is 6.47. The van der Waals surface area contributed by atoms with E-state index in [-0.39, 0.29) is 0 Å². The van der Waals surface area contributed by atoms with E-state index in [2.05, 4.69) is 28.1 Å². The summed E-state index contributed by atoms with van der Waals surface area (Å²) in [5.41, 5.74) is 7.25. The van der Waals surface area contributed by atoms with E-state index in [9.17, 15) is 0 Å². The lowest BCUT2D eigenvalue weighted by Crippen LogP contribution is -2.42. The standard InChI is InChI=1S/C17H21N3OS/c1-21-16-7-6-13-4-2-3-5-14(13)15(16)12-19-17(18)20-8-10-22-11-9-20/h2-7H,8-12H2,1H3,(H2,18,19). The third-order valence-electron chi connectivity index (χ3n) is 3.95. The van der Waals surface area contributed by atoms with Crippen molar-refractivity contribution in [2.45, 2.75) is 6.54 Å². The fourth-order valence-electron chi connectivity index (χ4n) is 2.72. The quantitative estimate of drug-likeness (QED) is 0.699. The van der Waals surface area contributed by atoms with Gasteiger partial charge in [0.05, 0.1) is 13.7 Å². The van der Waals surface area contributed by atoms with Crippen molar-refractivity contribution in [1.82, 2.24) is 4.90 Å². The van der Waals surface area contributed by atoms with Crippen LogP contribution in [0, 0.1) is 0 Å². The molecule has 0 radical (unpaired) electrons. The van der Waals surface area contributed by atoms with Crippen LogP contribution >= 0.6 is 11.8 Å². The summed E-state index contributed by atoms with van der Waals surface area (Å²) < 4.78 is 5.50. The van der Waals surface area contributed by atoms with Crippen LogP contribution in [0.25, 0.3) is 10.8 Å². The molecule has 0 aromatic heterocycles. The van der Waals surface area contributed by atoms with Crippen LogP contribution in [-0.2, 0) is 6.54 Å². The van der Waals surface area contributed by atoms with Gasteiger partial charge in [-0.05, 0) is 16.8 Å². The highest BCUT2D eigenvalue weighted by atomic mass is 32.2. The van der Waals surface area contributed by atoms with Crippen LogP contribution in [0.15, 0.2) is 41.4 Å². The molecule has 0 amide bonds. The molecule has 3 rings (SSSR count). The van der Waals surface area contributed by atoms with Crippen molar-refractivity contribution in [2.24, 2.45) is 10.7 Å². The van der Waals surface area contributed by atoms with Crippen molar-refractivity contribution >= 4 is 28.5 Å². The van der Waals surface area contributed by atoms with Crippen molar-refractivity contribution in [3.63, 3.8) is 0 Å². The van der Waals surface area contributed by atoms with Gasteiger partial charge in [-0.2, -0.15) is 11.8 Å². The van der Waals surface area contributed by atoms with Gasteiger partial charge in [0.2, 0.25) is 0 Å². The second kappa shape index (κ2) is 6.92. The zero-order valence-corrected chi connectivity index (χ0v) is 13.6. The minimum absolute atomic E-state index is 0.542. The largest absolute Gasteiger partial charge is 0.496 e. The molecule has 0 saturated carbocycles. The number of hydrogen-bond donors (Lipinski definition) is 1. The van der Waals surface area contributed by atoms with Gasteiger partial charge in [0.15, 0.2) is 5.96 Å². The lowest BCUT2D eigenvalue weighted by molar-refractivity contribution is 0.410. The van der Waals surface area contributed by atoms with Gasteiger partial charge in [-0.25, -0.2) is 4.99 Å². The van der Waals surface area contributed by atoms with E-state index in [1.165, 1.54) is 10.8 Å². The normalized spacial score (nSPS) is 16.0. The van der Waals surface area contributed by atoms with Crippen molar-refractivity contribution in [3.05, 3.63) is 42.0 Å². The first-order chi connectivity index (χ1) is 10.8. The number of ether oxygens (including phenoxy) is 1. The molecule has 116 valence electrons. The zero-order valence-electron chi connectivity index (χ0n) is 12.8. The summed E-state index contributed by atoms with van der Waals surface area (Å²) in [5.74, 6) is 3.74. The maximum atomic E-state index is 6.16. The Bertz CT molecular complexity index is 681.